The number of benzene rings is 1. The SMILES string of the molecule is CC(C)(C)Sc1cc2c(=O)[nH]cnc2cc1Cl. The van der Waals surface area contributed by atoms with Crippen molar-refractivity contribution in [3.8, 4) is 0 Å². The second-order valence-corrected chi connectivity index (χ2v) is 7.02. The second-order valence-electron chi connectivity index (χ2n) is 4.75. The Morgan fingerprint density at radius 2 is 2.06 bits per heavy atom. The van der Waals surface area contributed by atoms with Crippen LogP contribution in [0.4, 0.5) is 0 Å². The molecule has 0 bridgehead atoms. The minimum absolute atomic E-state index is 0.0479. The van der Waals surface area contributed by atoms with Crippen LogP contribution in [0.2, 0.25) is 5.02 Å². The molecule has 17 heavy (non-hydrogen) atoms. The molecule has 1 heterocycles. The van der Waals surface area contributed by atoms with Gasteiger partial charge in [0.05, 0.1) is 22.3 Å². The van der Waals surface area contributed by atoms with E-state index in [1.54, 1.807) is 23.9 Å². The Morgan fingerprint density at radius 1 is 1.35 bits per heavy atom. The molecule has 2 aromatic rings. The quantitative estimate of drug-likeness (QED) is 0.806. The van der Waals surface area contributed by atoms with Crippen LogP contribution in [0.5, 0.6) is 0 Å². The molecule has 90 valence electrons. The summed E-state index contributed by atoms with van der Waals surface area (Å²) >= 11 is 7.83. The summed E-state index contributed by atoms with van der Waals surface area (Å²) in [6, 6.07) is 3.54. The lowest BCUT2D eigenvalue weighted by Crippen LogP contribution is -2.09. The number of thioether (sulfide) groups is 1. The van der Waals surface area contributed by atoms with Crippen molar-refractivity contribution in [3.05, 3.63) is 33.8 Å². The van der Waals surface area contributed by atoms with E-state index in [9.17, 15) is 4.79 Å². The van der Waals surface area contributed by atoms with E-state index in [0.29, 0.717) is 15.9 Å². The van der Waals surface area contributed by atoms with Gasteiger partial charge in [-0.1, -0.05) is 32.4 Å². The largest absolute Gasteiger partial charge is 0.313 e. The van der Waals surface area contributed by atoms with Gasteiger partial charge in [0.2, 0.25) is 0 Å². The fraction of sp³-hybridized carbons (Fsp3) is 0.333. The predicted octanol–water partition coefficient (Wildman–Crippen LogP) is 3.47. The average molecular weight is 269 g/mol. The van der Waals surface area contributed by atoms with Crippen molar-refractivity contribution in [2.45, 2.75) is 30.4 Å². The zero-order valence-corrected chi connectivity index (χ0v) is 11.4. The molecule has 1 aromatic carbocycles. The smallest absolute Gasteiger partial charge is 0.258 e. The first-order valence-corrected chi connectivity index (χ1v) is 6.42. The molecule has 1 aromatic heterocycles. The lowest BCUT2D eigenvalue weighted by atomic mass is 10.2. The number of nitrogens with zero attached hydrogens (tertiary/aromatic N) is 1. The van der Waals surface area contributed by atoms with Gasteiger partial charge in [0, 0.05) is 9.64 Å². The van der Waals surface area contributed by atoms with Crippen LogP contribution in [0.15, 0.2) is 28.2 Å². The van der Waals surface area contributed by atoms with Gasteiger partial charge in [0.25, 0.3) is 5.56 Å². The molecule has 1 N–H and O–H groups in total. The lowest BCUT2D eigenvalue weighted by Gasteiger charge is -2.18. The van der Waals surface area contributed by atoms with Crippen LogP contribution in [0, 0.1) is 0 Å². The Balaban J connectivity index is 2.62. The van der Waals surface area contributed by atoms with Gasteiger partial charge in [-0.05, 0) is 12.1 Å². The molecule has 0 aliphatic carbocycles. The molecule has 2 rings (SSSR count). The fourth-order valence-corrected chi connectivity index (χ4v) is 2.74. The van der Waals surface area contributed by atoms with Gasteiger partial charge in [-0.15, -0.1) is 11.8 Å². The lowest BCUT2D eigenvalue weighted by molar-refractivity contribution is 0.803. The molecule has 3 nitrogen and oxygen atoms in total. The molecular weight excluding hydrogens is 256 g/mol. The van der Waals surface area contributed by atoms with E-state index < -0.39 is 0 Å². The maximum absolute atomic E-state index is 11.7. The monoisotopic (exact) mass is 268 g/mol. The van der Waals surface area contributed by atoms with E-state index in [0.717, 1.165) is 4.90 Å². The van der Waals surface area contributed by atoms with Gasteiger partial charge in [-0.25, -0.2) is 4.98 Å². The normalized spacial score (nSPS) is 12.0. The number of hydrogen-bond donors (Lipinski definition) is 1. The highest BCUT2D eigenvalue weighted by Gasteiger charge is 2.15. The van der Waals surface area contributed by atoms with Gasteiger partial charge >= 0.3 is 0 Å². The summed E-state index contributed by atoms with van der Waals surface area (Å²) in [5.74, 6) is 0. The van der Waals surface area contributed by atoms with Crippen molar-refractivity contribution >= 4 is 34.3 Å². The number of nitrogens with one attached hydrogen (secondary N) is 1. The molecule has 0 saturated heterocycles. The van der Waals surface area contributed by atoms with Crippen LogP contribution in [0.1, 0.15) is 20.8 Å². The molecule has 0 fully saturated rings. The summed E-state index contributed by atoms with van der Waals surface area (Å²) < 4.78 is 0.0479. The Bertz CT molecular complexity index is 616. The first-order valence-electron chi connectivity index (χ1n) is 5.23. The number of rotatable bonds is 1. The van der Waals surface area contributed by atoms with Crippen LogP contribution in [0.25, 0.3) is 10.9 Å². The van der Waals surface area contributed by atoms with Gasteiger partial charge in [-0.3, -0.25) is 4.79 Å². The molecular formula is C12H13ClN2OS. The van der Waals surface area contributed by atoms with Crippen molar-refractivity contribution in [2.75, 3.05) is 0 Å². The Morgan fingerprint density at radius 3 is 2.71 bits per heavy atom. The van der Waals surface area contributed by atoms with Gasteiger partial charge < -0.3 is 4.98 Å². The number of aromatic nitrogens is 2. The third-order valence-electron chi connectivity index (χ3n) is 2.11. The topological polar surface area (TPSA) is 45.8 Å². The van der Waals surface area contributed by atoms with Gasteiger partial charge in [0.15, 0.2) is 0 Å². The molecule has 0 unspecified atom stereocenters. The zero-order valence-electron chi connectivity index (χ0n) is 9.87. The van der Waals surface area contributed by atoms with Gasteiger partial charge in [0.1, 0.15) is 0 Å². The highest BCUT2D eigenvalue weighted by Crippen LogP contribution is 2.37. The standard InChI is InChI=1S/C12H13ClN2OS/c1-12(2,3)17-10-4-7-9(5-8(10)13)14-6-15-11(7)16/h4-6H,1-3H3,(H,14,15,16). The van der Waals surface area contributed by atoms with Crippen LogP contribution >= 0.6 is 23.4 Å². The van der Waals surface area contributed by atoms with E-state index in [2.05, 4.69) is 30.7 Å². The maximum atomic E-state index is 11.7. The molecule has 0 amide bonds. The van der Waals surface area contributed by atoms with Crippen molar-refractivity contribution < 1.29 is 0 Å². The van der Waals surface area contributed by atoms with Crippen LogP contribution in [0.3, 0.4) is 0 Å². The number of aromatic amines is 1. The molecule has 0 aliphatic rings. The Kier molecular flexibility index (Phi) is 3.19. The van der Waals surface area contributed by atoms with Crippen molar-refractivity contribution in [3.63, 3.8) is 0 Å². The van der Waals surface area contributed by atoms with Crippen LogP contribution in [-0.2, 0) is 0 Å². The second kappa shape index (κ2) is 4.35. The molecule has 0 atom stereocenters. The van der Waals surface area contributed by atoms with Crippen molar-refractivity contribution in [1.82, 2.24) is 9.97 Å². The maximum Gasteiger partial charge on any atom is 0.258 e. The third kappa shape index (κ3) is 2.82. The predicted molar refractivity (Wildman–Crippen MR) is 73.0 cm³/mol. The van der Waals surface area contributed by atoms with Crippen LogP contribution in [-0.4, -0.2) is 14.7 Å². The zero-order chi connectivity index (χ0) is 12.6. The van der Waals surface area contributed by atoms with E-state index in [1.807, 2.05) is 0 Å². The summed E-state index contributed by atoms with van der Waals surface area (Å²) in [4.78, 5) is 19.2. The van der Waals surface area contributed by atoms with Crippen LogP contribution < -0.4 is 5.56 Å². The minimum atomic E-state index is -0.137. The molecule has 0 spiro atoms. The summed E-state index contributed by atoms with van der Waals surface area (Å²) in [5, 5.41) is 1.21. The fourth-order valence-electron chi connectivity index (χ4n) is 1.48. The average Bonchev–Trinajstić information content (AvgIpc) is 2.18. The number of fused-ring (bicyclic) bond motifs is 1. The van der Waals surface area contributed by atoms with E-state index >= 15 is 0 Å². The number of halogens is 1. The molecule has 0 saturated carbocycles. The van der Waals surface area contributed by atoms with E-state index in [4.69, 9.17) is 11.6 Å². The van der Waals surface area contributed by atoms with E-state index in [1.165, 1.54) is 6.33 Å². The number of H-pyrrole nitrogens is 1. The first kappa shape index (κ1) is 12.5. The Labute approximate surface area is 109 Å². The molecule has 5 heteroatoms. The summed E-state index contributed by atoms with van der Waals surface area (Å²) in [7, 11) is 0. The third-order valence-corrected chi connectivity index (χ3v) is 3.71. The van der Waals surface area contributed by atoms with Crippen molar-refractivity contribution in [1.29, 1.82) is 0 Å². The minimum Gasteiger partial charge on any atom is -0.313 e. The Hall–Kier alpha value is -1.00. The summed E-state index contributed by atoms with van der Waals surface area (Å²) in [6.07, 6.45) is 1.39. The summed E-state index contributed by atoms with van der Waals surface area (Å²) in [5.41, 5.74) is 0.486. The molecule has 0 aliphatic heterocycles. The summed E-state index contributed by atoms with van der Waals surface area (Å²) in [6.45, 7) is 6.31. The first-order chi connectivity index (χ1) is 7.87. The van der Waals surface area contributed by atoms with Gasteiger partial charge in [-0.2, -0.15) is 0 Å². The van der Waals surface area contributed by atoms with E-state index in [-0.39, 0.29) is 10.3 Å². The highest BCUT2D eigenvalue weighted by molar-refractivity contribution is 8.00. The van der Waals surface area contributed by atoms with Crippen molar-refractivity contribution in [2.24, 2.45) is 0 Å². The molecule has 0 radical (unpaired) electrons. The highest BCUT2D eigenvalue weighted by atomic mass is 35.5. The number of hydrogen-bond acceptors (Lipinski definition) is 3.